The Bertz CT molecular complexity index is 1640. The maximum atomic E-state index is 13.1. The molecule has 0 radical (unpaired) electrons. The molecule has 0 fully saturated rings. The molecule has 0 atom stereocenters. The monoisotopic (exact) mass is 591 g/mol. The number of aryl methyl sites for hydroxylation is 2. The topological polar surface area (TPSA) is 124 Å². The Morgan fingerprint density at radius 3 is 2.11 bits per heavy atom. The molecule has 4 aromatic rings. The molecule has 0 heterocycles. The van der Waals surface area contributed by atoms with Crippen molar-refractivity contribution in [2.45, 2.75) is 22.6 Å². The molecule has 38 heavy (non-hydrogen) atoms. The number of nitrogens with one attached hydrogen (secondary N) is 1. The highest BCUT2D eigenvalue weighted by Gasteiger charge is 2.24. The first kappa shape index (κ1) is 27.6. The first-order valence-electron chi connectivity index (χ1n) is 11.1. The number of aromatic hydroxyl groups is 3. The van der Waals surface area contributed by atoms with E-state index in [2.05, 4.69) is 5.32 Å². The van der Waals surface area contributed by atoms with Crippen molar-refractivity contribution < 1.29 is 28.5 Å². The van der Waals surface area contributed by atoms with Crippen molar-refractivity contribution in [3.05, 3.63) is 105 Å². The number of phenolic OH excluding ortho intramolecular Hbond substituents is 3. The maximum Gasteiger partial charge on any atom is 0.259 e. The van der Waals surface area contributed by atoms with Gasteiger partial charge in [-0.1, -0.05) is 46.9 Å². The number of benzene rings is 4. The van der Waals surface area contributed by atoms with Crippen molar-refractivity contribution in [3.8, 4) is 17.2 Å². The quantitative estimate of drug-likeness (QED) is 0.179. The second-order valence-electron chi connectivity index (χ2n) is 8.31. The lowest BCUT2D eigenvalue weighted by Gasteiger charge is -2.14. The van der Waals surface area contributed by atoms with E-state index in [1.165, 1.54) is 48.5 Å². The second kappa shape index (κ2) is 11.1. The predicted molar refractivity (Wildman–Crippen MR) is 147 cm³/mol. The van der Waals surface area contributed by atoms with Gasteiger partial charge in [-0.15, -0.1) is 0 Å². The van der Waals surface area contributed by atoms with Gasteiger partial charge in [0.1, 0.15) is 0 Å². The molecule has 0 aromatic heterocycles. The number of anilines is 1. The Balaban J connectivity index is 1.63. The number of amides is 1. The van der Waals surface area contributed by atoms with Crippen molar-refractivity contribution >= 4 is 56.2 Å². The maximum absolute atomic E-state index is 13.1. The van der Waals surface area contributed by atoms with Crippen LogP contribution in [0.1, 0.15) is 21.5 Å². The van der Waals surface area contributed by atoms with Crippen LogP contribution in [0.2, 0.25) is 15.1 Å². The fourth-order valence-corrected chi connectivity index (χ4v) is 5.54. The standard InChI is InChI=1S/C27H20Cl3NO6S/c28-17-6-8-19(9-7-17)38(36,37)20-10-11-22(30)23(14-20)31-27(35)21-13-16(24(32)26(34)25(21)33)5-4-15-2-1-3-18(29)12-15/h1-3,6-14,32-34H,4-5H2,(H,31,35). The number of carbonyl (C=O) groups excluding carboxylic acids is 1. The van der Waals surface area contributed by atoms with Crippen molar-refractivity contribution in [1.82, 2.24) is 0 Å². The van der Waals surface area contributed by atoms with E-state index in [9.17, 15) is 28.5 Å². The van der Waals surface area contributed by atoms with E-state index in [0.717, 1.165) is 5.56 Å². The average molecular weight is 593 g/mol. The fraction of sp³-hybridized carbons (Fsp3) is 0.0741. The van der Waals surface area contributed by atoms with Gasteiger partial charge < -0.3 is 20.6 Å². The minimum absolute atomic E-state index is 0.00746. The molecule has 4 aromatic carbocycles. The van der Waals surface area contributed by atoms with Gasteiger partial charge in [0.25, 0.3) is 5.91 Å². The zero-order chi connectivity index (χ0) is 27.6. The highest BCUT2D eigenvalue weighted by atomic mass is 35.5. The summed E-state index contributed by atoms with van der Waals surface area (Å²) in [7, 11) is -3.96. The summed E-state index contributed by atoms with van der Waals surface area (Å²) in [6, 6.07) is 17.7. The van der Waals surface area contributed by atoms with Gasteiger partial charge in [0.05, 0.1) is 26.1 Å². The zero-order valence-corrected chi connectivity index (χ0v) is 22.5. The van der Waals surface area contributed by atoms with E-state index in [4.69, 9.17) is 34.8 Å². The third-order valence-corrected chi connectivity index (χ3v) is 8.35. The minimum atomic E-state index is -3.96. The summed E-state index contributed by atoms with van der Waals surface area (Å²) in [5.74, 6) is -3.14. The number of hydrogen-bond acceptors (Lipinski definition) is 6. The molecule has 0 spiro atoms. The molecule has 0 unspecified atom stereocenters. The number of rotatable bonds is 7. The van der Waals surface area contributed by atoms with Crippen molar-refractivity contribution in [2.24, 2.45) is 0 Å². The van der Waals surface area contributed by atoms with Crippen LogP contribution in [-0.4, -0.2) is 29.6 Å². The van der Waals surface area contributed by atoms with E-state index < -0.39 is 33.0 Å². The predicted octanol–water partition coefficient (Wildman–Crippen LogP) is 6.63. The molecular formula is C27H20Cl3NO6S. The van der Waals surface area contributed by atoms with Crippen molar-refractivity contribution in [3.63, 3.8) is 0 Å². The molecule has 0 saturated heterocycles. The Morgan fingerprint density at radius 2 is 1.42 bits per heavy atom. The number of sulfone groups is 1. The van der Waals surface area contributed by atoms with E-state index in [1.807, 2.05) is 6.07 Å². The van der Waals surface area contributed by atoms with Crippen LogP contribution in [0.3, 0.4) is 0 Å². The van der Waals surface area contributed by atoms with Crippen LogP contribution in [0.25, 0.3) is 0 Å². The summed E-state index contributed by atoms with van der Waals surface area (Å²) >= 11 is 18.1. The van der Waals surface area contributed by atoms with E-state index in [1.54, 1.807) is 18.2 Å². The van der Waals surface area contributed by atoms with Gasteiger partial charge in [-0.25, -0.2) is 8.42 Å². The molecular weight excluding hydrogens is 573 g/mol. The van der Waals surface area contributed by atoms with Gasteiger partial charge >= 0.3 is 0 Å². The highest BCUT2D eigenvalue weighted by Crippen LogP contribution is 2.41. The third kappa shape index (κ3) is 5.84. The highest BCUT2D eigenvalue weighted by molar-refractivity contribution is 7.91. The van der Waals surface area contributed by atoms with Crippen LogP contribution in [-0.2, 0) is 22.7 Å². The molecule has 196 valence electrons. The lowest BCUT2D eigenvalue weighted by Crippen LogP contribution is -2.14. The first-order chi connectivity index (χ1) is 18.0. The molecule has 0 aliphatic carbocycles. The number of carbonyl (C=O) groups is 1. The Hall–Kier alpha value is -3.43. The van der Waals surface area contributed by atoms with Crippen molar-refractivity contribution in [1.29, 1.82) is 0 Å². The molecule has 7 nitrogen and oxygen atoms in total. The molecule has 0 bridgehead atoms. The Morgan fingerprint density at radius 1 is 0.737 bits per heavy atom. The van der Waals surface area contributed by atoms with Crippen LogP contribution in [0, 0.1) is 0 Å². The van der Waals surface area contributed by atoms with E-state index in [-0.39, 0.29) is 38.0 Å². The van der Waals surface area contributed by atoms with Gasteiger partial charge in [-0.2, -0.15) is 0 Å². The summed E-state index contributed by atoms with van der Waals surface area (Å²) in [6.07, 6.45) is 0.645. The van der Waals surface area contributed by atoms with Crippen LogP contribution < -0.4 is 5.32 Å². The third-order valence-electron chi connectivity index (χ3n) is 5.76. The van der Waals surface area contributed by atoms with Gasteiger partial charge in [-0.05, 0) is 84.6 Å². The molecule has 4 N–H and O–H groups in total. The molecule has 0 aliphatic rings. The van der Waals surface area contributed by atoms with Crippen LogP contribution >= 0.6 is 34.8 Å². The van der Waals surface area contributed by atoms with Crippen LogP contribution in [0.5, 0.6) is 17.2 Å². The zero-order valence-electron chi connectivity index (χ0n) is 19.5. The Kier molecular flexibility index (Phi) is 8.08. The summed E-state index contributed by atoms with van der Waals surface area (Å²) < 4.78 is 26.1. The molecule has 4 rings (SSSR count). The number of phenols is 3. The smallest absolute Gasteiger partial charge is 0.259 e. The Labute approximate surface area is 233 Å². The van der Waals surface area contributed by atoms with Gasteiger partial charge in [-0.3, -0.25) is 4.79 Å². The van der Waals surface area contributed by atoms with E-state index in [0.29, 0.717) is 16.5 Å². The number of halogens is 3. The van der Waals surface area contributed by atoms with Gasteiger partial charge in [0.2, 0.25) is 15.6 Å². The first-order valence-corrected chi connectivity index (χ1v) is 13.7. The summed E-state index contributed by atoms with van der Waals surface area (Å²) in [4.78, 5) is 12.9. The lowest BCUT2D eigenvalue weighted by molar-refractivity contribution is 0.102. The average Bonchev–Trinajstić information content (AvgIpc) is 2.88. The molecule has 0 saturated carbocycles. The van der Waals surface area contributed by atoms with Crippen LogP contribution in [0.4, 0.5) is 5.69 Å². The van der Waals surface area contributed by atoms with Crippen molar-refractivity contribution in [2.75, 3.05) is 5.32 Å². The largest absolute Gasteiger partial charge is 0.504 e. The van der Waals surface area contributed by atoms with Gasteiger partial charge in [0, 0.05) is 10.0 Å². The minimum Gasteiger partial charge on any atom is -0.504 e. The fourth-order valence-electron chi connectivity index (χ4n) is 3.74. The molecule has 1 amide bonds. The van der Waals surface area contributed by atoms with Crippen LogP contribution in [0.15, 0.2) is 82.6 Å². The molecule has 11 heteroatoms. The molecule has 0 aliphatic heterocycles. The normalized spacial score (nSPS) is 11.3. The SMILES string of the molecule is O=C(Nc1cc(S(=O)(=O)c2ccc(Cl)cc2)ccc1Cl)c1cc(CCc2cccc(Cl)c2)c(O)c(O)c1O. The lowest BCUT2D eigenvalue weighted by atomic mass is 9.99. The second-order valence-corrected chi connectivity index (χ2v) is 11.5. The number of hydrogen-bond donors (Lipinski definition) is 4. The summed E-state index contributed by atoms with van der Waals surface area (Å²) in [6.45, 7) is 0. The van der Waals surface area contributed by atoms with E-state index >= 15 is 0 Å². The van der Waals surface area contributed by atoms with Gasteiger partial charge in [0.15, 0.2) is 11.5 Å². The summed E-state index contributed by atoms with van der Waals surface area (Å²) in [5.41, 5.74) is 0.680. The summed E-state index contributed by atoms with van der Waals surface area (Å²) in [5, 5.41) is 34.4.